The molecule has 0 saturated carbocycles. The highest BCUT2D eigenvalue weighted by Crippen LogP contribution is 2.11. The van der Waals surface area contributed by atoms with Crippen molar-refractivity contribution < 1.29 is 19.1 Å². The topological polar surface area (TPSA) is 164 Å². The van der Waals surface area contributed by atoms with E-state index in [2.05, 4.69) is 20.9 Å². The van der Waals surface area contributed by atoms with Crippen LogP contribution >= 0.6 is 0 Å². The van der Waals surface area contributed by atoms with Crippen molar-refractivity contribution in [1.29, 1.82) is 0 Å². The minimum absolute atomic E-state index is 0.104. The summed E-state index contributed by atoms with van der Waals surface area (Å²) in [4.78, 5) is 42.4. The van der Waals surface area contributed by atoms with Gasteiger partial charge in [-0.3, -0.25) is 14.6 Å². The van der Waals surface area contributed by atoms with Crippen molar-refractivity contribution in [2.24, 2.45) is 16.5 Å². The number of nitrogens with two attached hydrogens (primary N) is 2. The predicted molar refractivity (Wildman–Crippen MR) is 125 cm³/mol. The molecule has 0 aromatic heterocycles. The van der Waals surface area contributed by atoms with Crippen LogP contribution in [0, 0.1) is 0 Å². The van der Waals surface area contributed by atoms with E-state index in [0.717, 1.165) is 37.9 Å². The fourth-order valence-electron chi connectivity index (χ4n) is 3.44. The van der Waals surface area contributed by atoms with Crippen LogP contribution in [0.5, 0.6) is 0 Å². The van der Waals surface area contributed by atoms with Gasteiger partial charge >= 0.3 is 6.09 Å². The summed E-state index contributed by atoms with van der Waals surface area (Å²) >= 11 is 0. The highest BCUT2D eigenvalue weighted by molar-refractivity contribution is 5.90. The number of unbranched alkanes of at least 4 members (excludes halogenated alkanes) is 1. The second-order valence-corrected chi connectivity index (χ2v) is 7.72. The molecule has 3 amide bonds. The van der Waals surface area contributed by atoms with E-state index in [1.54, 1.807) is 0 Å². The van der Waals surface area contributed by atoms with Gasteiger partial charge in [0.15, 0.2) is 5.96 Å². The molecule has 1 heterocycles. The fraction of sp³-hybridized carbons (Fsp3) is 0.545. The molecule has 7 N–H and O–H groups in total. The van der Waals surface area contributed by atoms with Crippen LogP contribution in [-0.2, 0) is 20.9 Å². The summed E-state index contributed by atoms with van der Waals surface area (Å²) in [6.45, 7) is 2.88. The van der Waals surface area contributed by atoms with E-state index < -0.39 is 12.1 Å². The third kappa shape index (κ3) is 10.2. The Morgan fingerprint density at radius 2 is 1.91 bits per heavy atom. The quantitative estimate of drug-likeness (QED) is 0.152. The van der Waals surface area contributed by atoms with Gasteiger partial charge in [0.2, 0.25) is 11.8 Å². The number of hydrogen-bond donors (Lipinski definition) is 5. The van der Waals surface area contributed by atoms with Crippen LogP contribution in [0.3, 0.4) is 0 Å². The van der Waals surface area contributed by atoms with E-state index in [9.17, 15) is 14.4 Å². The first-order chi connectivity index (χ1) is 16.0. The molecule has 1 fully saturated rings. The molecule has 0 radical (unpaired) electrons. The lowest BCUT2D eigenvalue weighted by Crippen LogP contribution is -2.58. The van der Waals surface area contributed by atoms with Crippen LogP contribution < -0.4 is 27.4 Å². The van der Waals surface area contributed by atoms with Gasteiger partial charge < -0.3 is 37.1 Å². The number of hydrogen-bond acceptors (Lipinski definition) is 6. The number of ether oxygens (including phenoxy) is 1. The number of guanidine groups is 1. The third-order valence-electron chi connectivity index (χ3n) is 5.14. The molecule has 1 aliphatic rings. The largest absolute Gasteiger partial charge is 0.445 e. The number of carbonyl (C=O) groups excluding carboxylic acids is 3. The van der Waals surface area contributed by atoms with Gasteiger partial charge in [0, 0.05) is 19.6 Å². The van der Waals surface area contributed by atoms with Gasteiger partial charge in [-0.15, -0.1) is 0 Å². The van der Waals surface area contributed by atoms with E-state index in [1.807, 2.05) is 30.3 Å². The molecule has 1 saturated heterocycles. The zero-order chi connectivity index (χ0) is 23.9. The number of nitrogens with one attached hydrogen (secondary N) is 3. The molecule has 1 aliphatic heterocycles. The molecule has 1 unspecified atom stereocenters. The van der Waals surface area contributed by atoms with Crippen molar-refractivity contribution in [2.45, 2.75) is 38.3 Å². The Balaban J connectivity index is 1.66. The van der Waals surface area contributed by atoms with E-state index in [0.29, 0.717) is 26.1 Å². The molecule has 2 rings (SSSR count). The molecule has 33 heavy (non-hydrogen) atoms. The Bertz CT molecular complexity index is 784. The van der Waals surface area contributed by atoms with Gasteiger partial charge in [0.25, 0.3) is 0 Å². The summed E-state index contributed by atoms with van der Waals surface area (Å²) in [6, 6.07) is 8.73. The van der Waals surface area contributed by atoms with Crippen molar-refractivity contribution >= 4 is 23.9 Å². The van der Waals surface area contributed by atoms with Gasteiger partial charge in [0.05, 0.1) is 0 Å². The SMILES string of the molecule is NC(N)=NCCCCNCCCC1C(=O)NCCN1C(=O)CNC(=O)OCc1ccccc1. The maximum absolute atomic E-state index is 12.6. The number of piperazine rings is 1. The molecular weight excluding hydrogens is 426 g/mol. The number of benzene rings is 1. The van der Waals surface area contributed by atoms with Crippen LogP contribution in [0.4, 0.5) is 4.79 Å². The molecule has 1 aromatic rings. The number of nitrogens with zero attached hydrogens (tertiary/aromatic N) is 2. The zero-order valence-electron chi connectivity index (χ0n) is 18.9. The van der Waals surface area contributed by atoms with E-state index in [4.69, 9.17) is 16.2 Å². The molecule has 11 nitrogen and oxygen atoms in total. The average Bonchev–Trinajstić information content (AvgIpc) is 2.81. The van der Waals surface area contributed by atoms with Gasteiger partial charge in [-0.2, -0.15) is 0 Å². The van der Waals surface area contributed by atoms with Crippen LogP contribution in [0.2, 0.25) is 0 Å². The first-order valence-corrected chi connectivity index (χ1v) is 11.2. The molecule has 0 spiro atoms. The van der Waals surface area contributed by atoms with E-state index in [1.165, 1.54) is 4.90 Å². The molecule has 0 aliphatic carbocycles. The number of rotatable bonds is 13. The smallest absolute Gasteiger partial charge is 0.407 e. The number of carbonyl (C=O) groups is 3. The summed E-state index contributed by atoms with van der Waals surface area (Å²) in [5.74, 6) is -0.371. The van der Waals surface area contributed by atoms with E-state index >= 15 is 0 Å². The van der Waals surface area contributed by atoms with Crippen LogP contribution in [-0.4, -0.2) is 74.1 Å². The summed E-state index contributed by atoms with van der Waals surface area (Å²) in [5, 5.41) is 8.60. The standard InChI is InChI=1S/C22H35N7O4/c23-21(24)27-12-5-4-10-25-11-6-9-18-20(31)26-13-14-29(18)19(30)15-28-22(32)33-16-17-7-2-1-3-8-17/h1-3,7-8,18,25H,4-6,9-16H2,(H,26,31)(H,28,32)(H4,23,24,27). The minimum atomic E-state index is -0.672. The second kappa shape index (κ2) is 14.7. The highest BCUT2D eigenvalue weighted by Gasteiger charge is 2.32. The van der Waals surface area contributed by atoms with Gasteiger partial charge in [-0.05, 0) is 44.3 Å². The first-order valence-electron chi connectivity index (χ1n) is 11.2. The van der Waals surface area contributed by atoms with Gasteiger partial charge in [-0.25, -0.2) is 4.79 Å². The van der Waals surface area contributed by atoms with Gasteiger partial charge in [0.1, 0.15) is 19.2 Å². The number of aliphatic imine (C=N–C) groups is 1. The summed E-state index contributed by atoms with van der Waals surface area (Å²) in [5.41, 5.74) is 11.4. The normalized spacial score (nSPS) is 15.5. The van der Waals surface area contributed by atoms with Crippen molar-refractivity contribution in [1.82, 2.24) is 20.9 Å². The van der Waals surface area contributed by atoms with Crippen molar-refractivity contribution in [3.63, 3.8) is 0 Å². The third-order valence-corrected chi connectivity index (χ3v) is 5.14. The molecule has 11 heteroatoms. The predicted octanol–water partition coefficient (Wildman–Crippen LogP) is -0.337. The van der Waals surface area contributed by atoms with Crippen LogP contribution in [0.1, 0.15) is 31.2 Å². The lowest BCUT2D eigenvalue weighted by Gasteiger charge is -2.35. The lowest BCUT2D eigenvalue weighted by molar-refractivity contribution is -0.142. The molecule has 1 atom stereocenters. The Labute approximate surface area is 194 Å². The van der Waals surface area contributed by atoms with Crippen molar-refractivity contribution in [3.05, 3.63) is 35.9 Å². The maximum atomic E-state index is 12.6. The van der Waals surface area contributed by atoms with Crippen molar-refractivity contribution in [2.75, 3.05) is 39.3 Å². The first kappa shape index (κ1) is 25.9. The fourth-order valence-corrected chi connectivity index (χ4v) is 3.44. The minimum Gasteiger partial charge on any atom is -0.445 e. The molecular formula is C22H35N7O4. The maximum Gasteiger partial charge on any atom is 0.407 e. The highest BCUT2D eigenvalue weighted by atomic mass is 16.5. The van der Waals surface area contributed by atoms with Crippen molar-refractivity contribution in [3.8, 4) is 0 Å². The monoisotopic (exact) mass is 461 g/mol. The second-order valence-electron chi connectivity index (χ2n) is 7.72. The molecule has 0 bridgehead atoms. The Morgan fingerprint density at radius 1 is 1.15 bits per heavy atom. The Kier molecular flexibility index (Phi) is 11.5. The zero-order valence-corrected chi connectivity index (χ0v) is 18.9. The number of amides is 3. The van der Waals surface area contributed by atoms with E-state index in [-0.39, 0.29) is 30.9 Å². The molecule has 1 aromatic carbocycles. The Hall–Kier alpha value is -3.34. The van der Waals surface area contributed by atoms with Crippen LogP contribution in [0.25, 0.3) is 0 Å². The number of alkyl carbamates (subject to hydrolysis) is 1. The lowest BCUT2D eigenvalue weighted by atomic mass is 10.1. The molecule has 182 valence electrons. The average molecular weight is 462 g/mol. The summed E-state index contributed by atoms with van der Waals surface area (Å²) in [6.07, 6.45) is 2.43. The summed E-state index contributed by atoms with van der Waals surface area (Å²) in [7, 11) is 0. The van der Waals surface area contributed by atoms with Gasteiger partial charge in [-0.1, -0.05) is 30.3 Å². The summed E-state index contributed by atoms with van der Waals surface area (Å²) < 4.78 is 5.12. The Morgan fingerprint density at radius 3 is 2.67 bits per heavy atom. The van der Waals surface area contributed by atoms with Crippen LogP contribution in [0.15, 0.2) is 35.3 Å².